The molecule has 0 saturated carbocycles. The maximum atomic E-state index is 5.82. The Kier molecular flexibility index (Phi) is 15.6. The Balaban J connectivity index is 3.96. The maximum Gasteiger partial charge on any atom is 0.104 e. The van der Waals surface area contributed by atoms with Crippen LogP contribution in [0.2, 0.25) is 0 Å². The Morgan fingerprint density at radius 3 is 1.08 bits per heavy atom. The van der Waals surface area contributed by atoms with Crippen LogP contribution < -0.4 is 0 Å². The first kappa shape index (κ1) is 25.8. The molecule has 26 heavy (non-hydrogen) atoms. The summed E-state index contributed by atoms with van der Waals surface area (Å²) in [5, 5.41) is 0. The molecule has 6 heteroatoms. The van der Waals surface area contributed by atoms with Gasteiger partial charge in [-0.15, -0.1) is 0 Å². The molecule has 0 aliphatic carbocycles. The van der Waals surface area contributed by atoms with Crippen LogP contribution in [0.5, 0.6) is 0 Å². The Morgan fingerprint density at radius 1 is 0.462 bits per heavy atom. The fraction of sp³-hybridized carbons (Fsp3) is 1.00. The third-order valence-corrected chi connectivity index (χ3v) is 3.14. The van der Waals surface area contributed by atoms with E-state index in [1.54, 1.807) is 0 Å². The summed E-state index contributed by atoms with van der Waals surface area (Å²) in [6.45, 7) is 19.2. The van der Waals surface area contributed by atoms with Crippen LogP contribution in [0.4, 0.5) is 0 Å². The van der Waals surface area contributed by atoms with Gasteiger partial charge in [-0.25, -0.2) is 0 Å². The van der Waals surface area contributed by atoms with Crippen molar-refractivity contribution in [3.05, 3.63) is 0 Å². The van der Waals surface area contributed by atoms with E-state index in [1.165, 1.54) is 0 Å². The van der Waals surface area contributed by atoms with Crippen molar-refractivity contribution in [2.75, 3.05) is 39.6 Å². The van der Waals surface area contributed by atoms with Gasteiger partial charge in [0, 0.05) is 0 Å². The SMILES string of the molecule is CC(C)OCC(COCCOCC(COC(C)C)OC(C)C)OC(C)C. The van der Waals surface area contributed by atoms with Crippen LogP contribution in [0.25, 0.3) is 0 Å². The number of hydrogen-bond donors (Lipinski definition) is 0. The Morgan fingerprint density at radius 2 is 0.808 bits per heavy atom. The molecule has 0 rings (SSSR count). The van der Waals surface area contributed by atoms with Crippen LogP contribution >= 0.6 is 0 Å². The molecule has 2 unspecified atom stereocenters. The van der Waals surface area contributed by atoms with Gasteiger partial charge >= 0.3 is 0 Å². The highest BCUT2D eigenvalue weighted by Crippen LogP contribution is 2.04. The van der Waals surface area contributed by atoms with Gasteiger partial charge in [0.25, 0.3) is 0 Å². The second-order valence-electron chi connectivity index (χ2n) is 7.53. The first-order chi connectivity index (χ1) is 12.2. The van der Waals surface area contributed by atoms with Crippen LogP contribution in [0.1, 0.15) is 55.4 Å². The van der Waals surface area contributed by atoms with Gasteiger partial charge < -0.3 is 28.4 Å². The van der Waals surface area contributed by atoms with Gasteiger partial charge in [0.2, 0.25) is 0 Å². The Hall–Kier alpha value is -0.240. The first-order valence-electron chi connectivity index (χ1n) is 9.90. The van der Waals surface area contributed by atoms with Gasteiger partial charge in [-0.1, -0.05) is 0 Å². The molecule has 0 bridgehead atoms. The van der Waals surface area contributed by atoms with E-state index in [1.807, 2.05) is 55.4 Å². The molecule has 0 heterocycles. The fourth-order valence-corrected chi connectivity index (χ4v) is 2.17. The molecule has 0 aromatic rings. The van der Waals surface area contributed by atoms with Crippen molar-refractivity contribution in [3.8, 4) is 0 Å². The number of ether oxygens (including phenoxy) is 6. The molecule has 0 spiro atoms. The summed E-state index contributed by atoms with van der Waals surface area (Å²) in [7, 11) is 0. The zero-order valence-electron chi connectivity index (χ0n) is 18.2. The lowest BCUT2D eigenvalue weighted by molar-refractivity contribution is -0.108. The van der Waals surface area contributed by atoms with Crippen LogP contribution in [0, 0.1) is 0 Å². The summed E-state index contributed by atoms with van der Waals surface area (Å²) >= 11 is 0. The van der Waals surface area contributed by atoms with Crippen molar-refractivity contribution in [2.24, 2.45) is 0 Å². The van der Waals surface area contributed by atoms with Gasteiger partial charge in [-0.3, -0.25) is 0 Å². The summed E-state index contributed by atoms with van der Waals surface area (Å²) in [5.74, 6) is 0. The topological polar surface area (TPSA) is 55.4 Å². The van der Waals surface area contributed by atoms with Crippen LogP contribution in [-0.4, -0.2) is 76.3 Å². The normalized spacial score (nSPS) is 14.8. The van der Waals surface area contributed by atoms with Crippen molar-refractivity contribution in [1.29, 1.82) is 0 Å². The van der Waals surface area contributed by atoms with E-state index in [4.69, 9.17) is 28.4 Å². The first-order valence-corrected chi connectivity index (χ1v) is 9.90. The van der Waals surface area contributed by atoms with E-state index in [0.717, 1.165) is 0 Å². The van der Waals surface area contributed by atoms with Gasteiger partial charge in [-0.2, -0.15) is 0 Å². The molecule has 6 nitrogen and oxygen atoms in total. The van der Waals surface area contributed by atoms with E-state index in [-0.39, 0.29) is 36.6 Å². The van der Waals surface area contributed by atoms with Gasteiger partial charge in [0.05, 0.1) is 64.1 Å². The highest BCUT2D eigenvalue weighted by molar-refractivity contribution is 4.60. The molecule has 0 aromatic carbocycles. The van der Waals surface area contributed by atoms with E-state index in [0.29, 0.717) is 39.6 Å². The third kappa shape index (κ3) is 17.2. The number of rotatable bonds is 17. The second-order valence-corrected chi connectivity index (χ2v) is 7.53. The van der Waals surface area contributed by atoms with E-state index in [2.05, 4.69) is 0 Å². The quantitative estimate of drug-likeness (QED) is 0.361. The molecule has 0 aromatic heterocycles. The minimum atomic E-state index is -0.0612. The predicted molar refractivity (Wildman–Crippen MR) is 104 cm³/mol. The molecule has 2 atom stereocenters. The Labute approximate surface area is 160 Å². The average Bonchev–Trinajstić information content (AvgIpc) is 2.51. The molecule has 0 fully saturated rings. The largest absolute Gasteiger partial charge is 0.376 e. The summed E-state index contributed by atoms with van der Waals surface area (Å²) in [5.41, 5.74) is 0. The number of hydrogen-bond acceptors (Lipinski definition) is 6. The van der Waals surface area contributed by atoms with Crippen LogP contribution in [0.15, 0.2) is 0 Å². The lowest BCUT2D eigenvalue weighted by Crippen LogP contribution is -2.31. The third-order valence-electron chi connectivity index (χ3n) is 3.14. The zero-order valence-corrected chi connectivity index (χ0v) is 18.2. The van der Waals surface area contributed by atoms with Gasteiger partial charge in [-0.05, 0) is 55.4 Å². The van der Waals surface area contributed by atoms with Crippen molar-refractivity contribution in [2.45, 2.75) is 92.0 Å². The van der Waals surface area contributed by atoms with Crippen LogP contribution in [-0.2, 0) is 28.4 Å². The molecular formula is C20H42O6. The molecule has 0 amide bonds. The molecule has 0 radical (unpaired) electrons. The van der Waals surface area contributed by atoms with Crippen LogP contribution in [0.3, 0.4) is 0 Å². The second kappa shape index (κ2) is 15.8. The standard InChI is InChI=1S/C20H42O6/c1-15(2)23-13-19(25-17(5)6)11-21-9-10-22-12-20(26-18(7)8)14-24-16(3)4/h15-20H,9-14H2,1-8H3. The monoisotopic (exact) mass is 378 g/mol. The minimum Gasteiger partial charge on any atom is -0.376 e. The van der Waals surface area contributed by atoms with E-state index >= 15 is 0 Å². The summed E-state index contributed by atoms with van der Waals surface area (Å²) in [6, 6.07) is 0. The maximum absolute atomic E-state index is 5.82. The fourth-order valence-electron chi connectivity index (χ4n) is 2.17. The zero-order chi connectivity index (χ0) is 19.9. The summed E-state index contributed by atoms with van der Waals surface area (Å²) in [4.78, 5) is 0. The van der Waals surface area contributed by atoms with E-state index in [9.17, 15) is 0 Å². The van der Waals surface area contributed by atoms with Crippen molar-refractivity contribution in [3.63, 3.8) is 0 Å². The highest BCUT2D eigenvalue weighted by Gasteiger charge is 2.14. The highest BCUT2D eigenvalue weighted by atomic mass is 16.6. The Bertz CT molecular complexity index is 277. The molecule has 0 aliphatic rings. The lowest BCUT2D eigenvalue weighted by Gasteiger charge is -2.22. The average molecular weight is 379 g/mol. The van der Waals surface area contributed by atoms with Crippen molar-refractivity contribution < 1.29 is 28.4 Å². The molecule has 158 valence electrons. The molecule has 0 N–H and O–H groups in total. The van der Waals surface area contributed by atoms with Gasteiger partial charge in [0.15, 0.2) is 0 Å². The molecule has 0 aliphatic heterocycles. The smallest absolute Gasteiger partial charge is 0.104 e. The van der Waals surface area contributed by atoms with Gasteiger partial charge in [0.1, 0.15) is 12.2 Å². The van der Waals surface area contributed by atoms with Crippen molar-refractivity contribution >= 4 is 0 Å². The van der Waals surface area contributed by atoms with E-state index < -0.39 is 0 Å². The summed E-state index contributed by atoms with van der Waals surface area (Å²) in [6.07, 6.45) is 0.531. The predicted octanol–water partition coefficient (Wildman–Crippen LogP) is 3.46. The summed E-state index contributed by atoms with van der Waals surface area (Å²) < 4.78 is 34.3. The molecule has 0 saturated heterocycles. The minimum absolute atomic E-state index is 0.0612. The lowest BCUT2D eigenvalue weighted by atomic mass is 10.3. The molecular weight excluding hydrogens is 336 g/mol. The van der Waals surface area contributed by atoms with Crippen molar-refractivity contribution in [1.82, 2.24) is 0 Å².